The van der Waals surface area contributed by atoms with E-state index in [1.54, 1.807) is 13.0 Å². The number of hydrogen-bond acceptors (Lipinski definition) is 3. The minimum Gasteiger partial charge on any atom is -0.461 e. The third-order valence-corrected chi connectivity index (χ3v) is 2.37. The summed E-state index contributed by atoms with van der Waals surface area (Å²) in [5, 5.41) is 0. The Labute approximate surface area is 88.3 Å². The standard InChI is InChI=1S/C9H11NO3.ClH/c1-2-13-9(12)7-4-3-6-5-8(11)10(6)7;/h4,6H,2-3,5H2,1H3;1H/t6-;/m1./s1. The number of rotatable bonds is 2. The van der Waals surface area contributed by atoms with Crippen LogP contribution in [0.25, 0.3) is 0 Å². The molecule has 0 unspecified atom stereocenters. The summed E-state index contributed by atoms with van der Waals surface area (Å²) in [6, 6.07) is 0.229. The van der Waals surface area contributed by atoms with Gasteiger partial charge in [0.15, 0.2) is 0 Å². The van der Waals surface area contributed by atoms with Crippen molar-refractivity contribution in [2.75, 3.05) is 6.61 Å². The van der Waals surface area contributed by atoms with E-state index in [1.807, 2.05) is 0 Å². The van der Waals surface area contributed by atoms with Gasteiger partial charge in [-0.1, -0.05) is 6.08 Å². The lowest BCUT2D eigenvalue weighted by molar-refractivity contribution is -0.150. The summed E-state index contributed by atoms with van der Waals surface area (Å²) in [6.07, 6.45) is 3.15. The molecule has 0 bridgehead atoms. The molecule has 2 aliphatic heterocycles. The van der Waals surface area contributed by atoms with Crippen LogP contribution in [0.15, 0.2) is 11.8 Å². The molecule has 1 saturated heterocycles. The molecule has 2 heterocycles. The first-order chi connectivity index (χ1) is 6.24. The summed E-state index contributed by atoms with van der Waals surface area (Å²) >= 11 is 0. The fourth-order valence-corrected chi connectivity index (χ4v) is 1.73. The molecule has 0 aromatic heterocycles. The lowest BCUT2D eigenvalue weighted by atomic mass is 10.0. The highest BCUT2D eigenvalue weighted by Crippen LogP contribution is 2.33. The highest BCUT2D eigenvalue weighted by molar-refractivity contribution is 5.98. The van der Waals surface area contributed by atoms with Crippen molar-refractivity contribution in [2.45, 2.75) is 25.8 Å². The molecule has 0 spiro atoms. The maximum absolute atomic E-state index is 11.3. The quantitative estimate of drug-likeness (QED) is 0.509. The molecule has 78 valence electrons. The van der Waals surface area contributed by atoms with Crippen LogP contribution in [-0.2, 0) is 14.3 Å². The molecule has 0 N–H and O–H groups in total. The summed E-state index contributed by atoms with van der Waals surface area (Å²) in [5.74, 6) is -0.347. The van der Waals surface area contributed by atoms with E-state index in [9.17, 15) is 9.59 Å². The first-order valence-corrected chi connectivity index (χ1v) is 4.43. The Balaban J connectivity index is 0.000000980. The molecule has 2 rings (SSSR count). The Morgan fingerprint density at radius 2 is 2.43 bits per heavy atom. The van der Waals surface area contributed by atoms with E-state index < -0.39 is 0 Å². The molecule has 0 saturated carbocycles. The summed E-state index contributed by atoms with van der Waals surface area (Å²) in [7, 11) is 0. The van der Waals surface area contributed by atoms with Crippen LogP contribution in [0, 0.1) is 0 Å². The summed E-state index contributed by atoms with van der Waals surface area (Å²) in [4.78, 5) is 23.9. The molecule has 14 heavy (non-hydrogen) atoms. The van der Waals surface area contributed by atoms with Crippen molar-refractivity contribution in [1.82, 2.24) is 4.90 Å². The van der Waals surface area contributed by atoms with Crippen molar-refractivity contribution < 1.29 is 14.3 Å². The van der Waals surface area contributed by atoms with Crippen LogP contribution in [0.2, 0.25) is 0 Å². The molecule has 1 amide bonds. The number of halogens is 1. The van der Waals surface area contributed by atoms with Crippen molar-refractivity contribution in [3.8, 4) is 0 Å². The monoisotopic (exact) mass is 217 g/mol. The minimum atomic E-state index is -0.377. The van der Waals surface area contributed by atoms with Crippen LogP contribution in [0.3, 0.4) is 0 Å². The van der Waals surface area contributed by atoms with Crippen molar-refractivity contribution in [3.05, 3.63) is 11.8 Å². The van der Waals surface area contributed by atoms with Gasteiger partial charge in [-0.05, 0) is 13.3 Å². The van der Waals surface area contributed by atoms with Crippen LogP contribution in [0.1, 0.15) is 19.8 Å². The van der Waals surface area contributed by atoms with Crippen molar-refractivity contribution in [1.29, 1.82) is 0 Å². The number of carbonyl (C=O) groups excluding carboxylic acids is 2. The Hall–Kier alpha value is -1.03. The average molecular weight is 218 g/mol. The molecule has 0 aromatic rings. The first-order valence-electron chi connectivity index (χ1n) is 4.43. The van der Waals surface area contributed by atoms with E-state index >= 15 is 0 Å². The van der Waals surface area contributed by atoms with Crippen molar-refractivity contribution in [2.24, 2.45) is 0 Å². The van der Waals surface area contributed by atoms with E-state index in [4.69, 9.17) is 4.74 Å². The molecule has 4 nitrogen and oxygen atoms in total. The predicted molar refractivity (Wildman–Crippen MR) is 51.8 cm³/mol. The molecule has 2 aliphatic rings. The van der Waals surface area contributed by atoms with Crippen LogP contribution in [0.5, 0.6) is 0 Å². The van der Waals surface area contributed by atoms with Gasteiger partial charge < -0.3 is 9.64 Å². The molecular weight excluding hydrogens is 206 g/mol. The Morgan fingerprint density at radius 3 is 3.00 bits per heavy atom. The van der Waals surface area contributed by atoms with E-state index in [1.165, 1.54) is 4.90 Å². The van der Waals surface area contributed by atoms with Gasteiger partial charge in [0, 0.05) is 12.5 Å². The zero-order chi connectivity index (χ0) is 9.42. The molecule has 0 aromatic carbocycles. The molecule has 5 heteroatoms. The van der Waals surface area contributed by atoms with E-state index in [-0.39, 0.29) is 30.3 Å². The van der Waals surface area contributed by atoms with Crippen molar-refractivity contribution in [3.63, 3.8) is 0 Å². The van der Waals surface area contributed by atoms with Gasteiger partial charge >= 0.3 is 5.97 Å². The second kappa shape index (κ2) is 4.00. The third-order valence-electron chi connectivity index (χ3n) is 2.37. The van der Waals surface area contributed by atoms with Gasteiger partial charge in [-0.2, -0.15) is 0 Å². The number of carbonyl (C=O) groups is 2. The Kier molecular flexibility index (Phi) is 3.16. The maximum Gasteiger partial charge on any atom is 0.354 e. The van der Waals surface area contributed by atoms with Crippen LogP contribution >= 0.6 is 12.4 Å². The lowest BCUT2D eigenvalue weighted by Gasteiger charge is -2.35. The van der Waals surface area contributed by atoms with Gasteiger partial charge in [0.05, 0.1) is 6.61 Å². The minimum absolute atomic E-state index is 0. The third kappa shape index (κ3) is 1.50. The molecule has 1 fully saturated rings. The van der Waals surface area contributed by atoms with E-state index in [2.05, 4.69) is 0 Å². The molecule has 0 radical (unpaired) electrons. The number of hydrogen-bond donors (Lipinski definition) is 0. The van der Waals surface area contributed by atoms with E-state index in [0.717, 1.165) is 6.42 Å². The fraction of sp³-hybridized carbons (Fsp3) is 0.556. The normalized spacial score (nSPS) is 23.2. The van der Waals surface area contributed by atoms with Crippen LogP contribution < -0.4 is 0 Å². The topological polar surface area (TPSA) is 46.6 Å². The summed E-state index contributed by atoms with van der Waals surface area (Å²) < 4.78 is 4.83. The predicted octanol–water partition coefficient (Wildman–Crippen LogP) is 0.860. The van der Waals surface area contributed by atoms with E-state index in [0.29, 0.717) is 18.7 Å². The highest BCUT2D eigenvalue weighted by Gasteiger charge is 2.44. The van der Waals surface area contributed by atoms with Gasteiger partial charge in [-0.15, -0.1) is 12.4 Å². The number of amides is 1. The number of fused-ring (bicyclic) bond motifs is 1. The lowest BCUT2D eigenvalue weighted by Crippen LogP contribution is -2.49. The Morgan fingerprint density at radius 1 is 1.71 bits per heavy atom. The molecular formula is C9H12ClNO3. The molecule has 1 atom stereocenters. The van der Waals surface area contributed by atoms with Crippen LogP contribution in [-0.4, -0.2) is 29.4 Å². The van der Waals surface area contributed by atoms with Crippen molar-refractivity contribution >= 4 is 24.3 Å². The number of β-lactam (4-membered cyclic amide) rings is 1. The Bertz CT molecular complexity index is 300. The zero-order valence-corrected chi connectivity index (χ0v) is 8.67. The van der Waals surface area contributed by atoms with Gasteiger partial charge in [0.2, 0.25) is 5.91 Å². The van der Waals surface area contributed by atoms with Gasteiger partial charge in [0.25, 0.3) is 0 Å². The first kappa shape index (κ1) is 11.0. The zero-order valence-electron chi connectivity index (χ0n) is 7.86. The largest absolute Gasteiger partial charge is 0.461 e. The van der Waals surface area contributed by atoms with Gasteiger partial charge in [-0.3, -0.25) is 4.79 Å². The summed E-state index contributed by atoms with van der Waals surface area (Å²) in [5.41, 5.74) is 0.433. The second-order valence-electron chi connectivity index (χ2n) is 3.17. The second-order valence-corrected chi connectivity index (χ2v) is 3.17. The maximum atomic E-state index is 11.3. The van der Waals surface area contributed by atoms with Crippen LogP contribution in [0.4, 0.5) is 0 Å². The smallest absolute Gasteiger partial charge is 0.354 e. The van der Waals surface area contributed by atoms with Gasteiger partial charge in [-0.25, -0.2) is 4.79 Å². The highest BCUT2D eigenvalue weighted by atomic mass is 35.5. The molecule has 0 aliphatic carbocycles. The fourth-order valence-electron chi connectivity index (χ4n) is 1.73. The number of esters is 1. The van der Waals surface area contributed by atoms with Gasteiger partial charge in [0.1, 0.15) is 5.70 Å². The average Bonchev–Trinajstić information content (AvgIpc) is 2.42. The SMILES string of the molecule is CCOC(=O)C1=CC[C@@H]2CC(=O)N12.Cl. The number of ether oxygens (including phenoxy) is 1. The summed E-state index contributed by atoms with van der Waals surface area (Å²) in [6.45, 7) is 2.10. The number of nitrogens with zero attached hydrogens (tertiary/aromatic N) is 1.